The number of H-pyrrole nitrogens is 1. The zero-order valence-electron chi connectivity index (χ0n) is 14.2. The SMILES string of the molecule is COc1cc(CN(C)C(=O)c2cn(CCCc3noc(=O)[nH]3)nn2)sn1. The molecule has 138 valence electrons. The van der Waals surface area contributed by atoms with Crippen LogP contribution in [-0.4, -0.2) is 54.5 Å². The largest absolute Gasteiger partial charge is 0.480 e. The van der Waals surface area contributed by atoms with Gasteiger partial charge in [0.1, 0.15) is 0 Å². The Morgan fingerprint density at radius 3 is 3.04 bits per heavy atom. The third-order valence-corrected chi connectivity index (χ3v) is 4.28. The standard InChI is InChI=1S/C14H17N7O4S/c1-20(7-9-6-12(24-2)18-26-9)13(22)10-8-21(19-16-10)5-3-4-11-15-14(23)25-17-11/h6,8H,3-5,7H2,1-2H3,(H,15,17,23). The van der Waals surface area contributed by atoms with E-state index in [4.69, 9.17) is 4.74 Å². The molecule has 0 aromatic carbocycles. The lowest BCUT2D eigenvalue weighted by Gasteiger charge is -2.13. The fourth-order valence-corrected chi connectivity index (χ4v) is 2.99. The van der Waals surface area contributed by atoms with E-state index in [1.54, 1.807) is 36.0 Å². The summed E-state index contributed by atoms with van der Waals surface area (Å²) >= 11 is 1.28. The number of hydrogen-bond donors (Lipinski definition) is 1. The number of aryl methyl sites for hydroxylation is 2. The van der Waals surface area contributed by atoms with Gasteiger partial charge in [-0.15, -0.1) is 5.10 Å². The Kier molecular flexibility index (Phi) is 5.41. The van der Waals surface area contributed by atoms with E-state index in [0.29, 0.717) is 37.6 Å². The molecule has 0 saturated heterocycles. The molecular formula is C14H17N7O4S. The first-order valence-corrected chi connectivity index (χ1v) is 8.52. The molecule has 12 heteroatoms. The number of ether oxygens (including phenoxy) is 1. The number of carbonyl (C=O) groups is 1. The quantitative estimate of drug-likeness (QED) is 0.592. The third-order valence-electron chi connectivity index (χ3n) is 3.53. The van der Waals surface area contributed by atoms with E-state index in [1.807, 2.05) is 0 Å². The maximum atomic E-state index is 12.4. The van der Waals surface area contributed by atoms with E-state index in [1.165, 1.54) is 11.5 Å². The second-order valence-electron chi connectivity index (χ2n) is 5.51. The number of nitrogens with one attached hydrogen (secondary N) is 1. The van der Waals surface area contributed by atoms with Crippen molar-refractivity contribution in [3.63, 3.8) is 0 Å². The van der Waals surface area contributed by atoms with Gasteiger partial charge in [0, 0.05) is 31.0 Å². The van der Waals surface area contributed by atoms with Crippen molar-refractivity contribution in [2.75, 3.05) is 14.2 Å². The predicted molar refractivity (Wildman–Crippen MR) is 89.9 cm³/mol. The number of aromatic amines is 1. The number of nitrogens with zero attached hydrogens (tertiary/aromatic N) is 6. The first-order valence-electron chi connectivity index (χ1n) is 7.75. The normalized spacial score (nSPS) is 10.8. The van der Waals surface area contributed by atoms with Crippen LogP contribution < -0.4 is 10.5 Å². The minimum atomic E-state index is -0.574. The van der Waals surface area contributed by atoms with Crippen LogP contribution in [0.4, 0.5) is 0 Å². The predicted octanol–water partition coefficient (Wildman–Crippen LogP) is 0.324. The summed E-state index contributed by atoms with van der Waals surface area (Å²) in [5, 5.41) is 11.5. The first-order chi connectivity index (χ1) is 12.5. The van der Waals surface area contributed by atoms with Gasteiger partial charge in [0.2, 0.25) is 5.88 Å². The summed E-state index contributed by atoms with van der Waals surface area (Å²) in [6, 6.07) is 1.79. The molecule has 11 nitrogen and oxygen atoms in total. The number of amides is 1. The van der Waals surface area contributed by atoms with Gasteiger partial charge in [-0.2, -0.15) is 4.37 Å². The lowest BCUT2D eigenvalue weighted by atomic mass is 10.3. The minimum absolute atomic E-state index is 0.232. The number of rotatable bonds is 8. The van der Waals surface area contributed by atoms with Crippen molar-refractivity contribution in [3.8, 4) is 5.88 Å². The lowest BCUT2D eigenvalue weighted by Crippen LogP contribution is -2.26. The maximum absolute atomic E-state index is 12.4. The highest BCUT2D eigenvalue weighted by Gasteiger charge is 2.17. The van der Waals surface area contributed by atoms with Gasteiger partial charge in [0.05, 0.1) is 19.9 Å². The fourth-order valence-electron chi connectivity index (χ4n) is 2.25. The summed E-state index contributed by atoms with van der Waals surface area (Å²) in [7, 11) is 3.24. The molecule has 0 aliphatic heterocycles. The number of aromatic nitrogens is 6. The van der Waals surface area contributed by atoms with E-state index in [2.05, 4.69) is 29.3 Å². The van der Waals surface area contributed by atoms with Gasteiger partial charge < -0.3 is 9.64 Å². The Morgan fingerprint density at radius 1 is 1.50 bits per heavy atom. The molecule has 0 radical (unpaired) electrons. The van der Waals surface area contributed by atoms with Gasteiger partial charge in [0.25, 0.3) is 5.91 Å². The minimum Gasteiger partial charge on any atom is -0.480 e. The highest BCUT2D eigenvalue weighted by molar-refractivity contribution is 7.05. The molecule has 1 N–H and O–H groups in total. The molecule has 0 atom stereocenters. The topological polar surface area (TPSA) is 132 Å². The molecule has 3 aromatic rings. The fraction of sp³-hybridized carbons (Fsp3) is 0.429. The van der Waals surface area contributed by atoms with Crippen molar-refractivity contribution in [2.45, 2.75) is 25.9 Å². The molecule has 0 saturated carbocycles. The molecule has 0 bridgehead atoms. The molecule has 26 heavy (non-hydrogen) atoms. The number of methoxy groups -OCH3 is 1. The van der Waals surface area contributed by atoms with Crippen LogP contribution in [0.15, 0.2) is 21.6 Å². The third kappa shape index (κ3) is 4.33. The number of hydrogen-bond acceptors (Lipinski definition) is 9. The summed E-state index contributed by atoms with van der Waals surface area (Å²) in [4.78, 5) is 28.2. The highest BCUT2D eigenvalue weighted by Crippen LogP contribution is 2.18. The van der Waals surface area contributed by atoms with Crippen molar-refractivity contribution in [2.24, 2.45) is 0 Å². The van der Waals surface area contributed by atoms with Gasteiger partial charge in [-0.1, -0.05) is 10.4 Å². The zero-order valence-corrected chi connectivity index (χ0v) is 15.0. The van der Waals surface area contributed by atoms with Crippen LogP contribution in [0, 0.1) is 0 Å². The van der Waals surface area contributed by atoms with Gasteiger partial charge in [-0.05, 0) is 18.0 Å². The molecule has 3 aromatic heterocycles. The van der Waals surface area contributed by atoms with E-state index in [0.717, 1.165) is 4.88 Å². The molecule has 3 rings (SSSR count). The molecule has 1 amide bonds. The highest BCUT2D eigenvalue weighted by atomic mass is 32.1. The van der Waals surface area contributed by atoms with Crippen LogP contribution >= 0.6 is 11.5 Å². The van der Waals surface area contributed by atoms with Crippen LogP contribution in [0.25, 0.3) is 0 Å². The molecular weight excluding hydrogens is 362 g/mol. The second-order valence-corrected chi connectivity index (χ2v) is 6.40. The smallest absolute Gasteiger partial charge is 0.438 e. The summed E-state index contributed by atoms with van der Waals surface area (Å²) < 4.78 is 15.1. The number of carbonyl (C=O) groups excluding carboxylic acids is 1. The summed E-state index contributed by atoms with van der Waals surface area (Å²) in [6.07, 6.45) is 2.79. The molecule has 0 fully saturated rings. The Labute approximate surface area is 151 Å². The van der Waals surface area contributed by atoms with E-state index in [-0.39, 0.29) is 11.6 Å². The van der Waals surface area contributed by atoms with Crippen molar-refractivity contribution in [1.82, 2.24) is 34.4 Å². The molecule has 0 spiro atoms. The lowest BCUT2D eigenvalue weighted by molar-refractivity contribution is 0.0780. The summed E-state index contributed by atoms with van der Waals surface area (Å²) in [5.41, 5.74) is 0.263. The Balaban J connectivity index is 1.52. The van der Waals surface area contributed by atoms with Gasteiger partial charge in [0.15, 0.2) is 11.5 Å². The first kappa shape index (κ1) is 17.8. The molecule has 0 aliphatic carbocycles. The Morgan fingerprint density at radius 2 is 2.35 bits per heavy atom. The second kappa shape index (κ2) is 7.91. The van der Waals surface area contributed by atoms with E-state index in [9.17, 15) is 9.59 Å². The average Bonchev–Trinajstić information content (AvgIpc) is 3.36. The average molecular weight is 379 g/mol. The maximum Gasteiger partial charge on any atom is 0.438 e. The van der Waals surface area contributed by atoms with Gasteiger partial charge in [-0.3, -0.25) is 19.0 Å². The summed E-state index contributed by atoms with van der Waals surface area (Å²) in [5.74, 6) is 0.205. The molecule has 0 aliphatic rings. The van der Waals surface area contributed by atoms with Crippen molar-refractivity contribution in [3.05, 3.63) is 39.2 Å². The van der Waals surface area contributed by atoms with E-state index < -0.39 is 5.76 Å². The Bertz CT molecular complexity index is 928. The van der Waals surface area contributed by atoms with Crippen LogP contribution in [0.5, 0.6) is 5.88 Å². The van der Waals surface area contributed by atoms with Crippen LogP contribution in [0.1, 0.15) is 27.6 Å². The zero-order chi connectivity index (χ0) is 18.5. The molecule has 3 heterocycles. The van der Waals surface area contributed by atoms with Crippen LogP contribution in [0.3, 0.4) is 0 Å². The van der Waals surface area contributed by atoms with Crippen LogP contribution in [0.2, 0.25) is 0 Å². The van der Waals surface area contributed by atoms with Crippen molar-refractivity contribution in [1.29, 1.82) is 0 Å². The van der Waals surface area contributed by atoms with Crippen molar-refractivity contribution < 1.29 is 14.1 Å². The van der Waals surface area contributed by atoms with Gasteiger partial charge >= 0.3 is 5.76 Å². The van der Waals surface area contributed by atoms with Crippen molar-refractivity contribution >= 4 is 17.4 Å². The van der Waals surface area contributed by atoms with Crippen LogP contribution in [-0.2, 0) is 19.5 Å². The van der Waals surface area contributed by atoms with E-state index >= 15 is 0 Å². The molecule has 0 unspecified atom stereocenters. The Hall–Kier alpha value is -3.02. The monoisotopic (exact) mass is 379 g/mol. The van der Waals surface area contributed by atoms with Gasteiger partial charge in [-0.25, -0.2) is 4.79 Å². The summed E-state index contributed by atoms with van der Waals surface area (Å²) in [6.45, 7) is 0.942.